The molecule has 0 spiro atoms. The molecule has 2 rings (SSSR count). The van der Waals surface area contributed by atoms with Crippen molar-refractivity contribution in [3.8, 4) is 0 Å². The Kier molecular flexibility index (Phi) is 3.10. The predicted molar refractivity (Wildman–Crippen MR) is 64.4 cm³/mol. The molecule has 1 aromatic rings. The number of nitrogens with two attached hydrogens (primary N) is 1. The van der Waals surface area contributed by atoms with Crippen LogP contribution >= 0.6 is 0 Å². The third-order valence-corrected chi connectivity index (χ3v) is 2.81. The minimum Gasteiger partial charge on any atom is -0.338 e. The van der Waals surface area contributed by atoms with Crippen molar-refractivity contribution in [1.29, 1.82) is 0 Å². The number of hydrogen-bond acceptors (Lipinski definition) is 2. The summed E-state index contributed by atoms with van der Waals surface area (Å²) >= 11 is 0. The molecule has 0 aliphatic carbocycles. The van der Waals surface area contributed by atoms with Gasteiger partial charge in [-0.3, -0.25) is 4.90 Å². The van der Waals surface area contributed by atoms with E-state index in [1.54, 1.807) is 4.90 Å². The molecule has 4 nitrogen and oxygen atoms in total. The van der Waals surface area contributed by atoms with Gasteiger partial charge in [0.05, 0.1) is 0 Å². The molecule has 0 unspecified atom stereocenters. The highest BCUT2D eigenvalue weighted by Crippen LogP contribution is 2.19. The van der Waals surface area contributed by atoms with E-state index >= 15 is 0 Å². The van der Waals surface area contributed by atoms with Crippen molar-refractivity contribution in [1.82, 2.24) is 5.32 Å². The molecule has 1 saturated heterocycles. The number of hydrogen-bond donors (Lipinski definition) is 2. The van der Waals surface area contributed by atoms with Crippen LogP contribution in [0.5, 0.6) is 0 Å². The third-order valence-electron chi connectivity index (χ3n) is 2.81. The molecule has 0 aromatic heterocycles. The molecule has 1 atom stereocenters. The quantitative estimate of drug-likeness (QED) is 0.794. The summed E-state index contributed by atoms with van der Waals surface area (Å²) in [5.74, 6) is 0. The molecule has 0 bridgehead atoms. The molecule has 1 heterocycles. The van der Waals surface area contributed by atoms with E-state index in [2.05, 4.69) is 5.32 Å². The van der Waals surface area contributed by atoms with Gasteiger partial charge in [0.2, 0.25) is 0 Å². The lowest BCUT2D eigenvalue weighted by Crippen LogP contribution is -2.46. The molecule has 86 valence electrons. The molecule has 1 fully saturated rings. The molecule has 1 aliphatic rings. The van der Waals surface area contributed by atoms with Gasteiger partial charge in [-0.15, -0.1) is 0 Å². The number of carbonyl (C=O) groups is 1. The Morgan fingerprint density at radius 1 is 1.38 bits per heavy atom. The maximum absolute atomic E-state index is 11.6. The van der Waals surface area contributed by atoms with Crippen LogP contribution in [0.4, 0.5) is 10.5 Å². The molecule has 3 N–H and O–H groups in total. The van der Waals surface area contributed by atoms with Gasteiger partial charge in [0.1, 0.15) is 0 Å². The molecule has 4 heteroatoms. The maximum Gasteiger partial charge on any atom is 0.321 e. The van der Waals surface area contributed by atoms with Crippen molar-refractivity contribution in [2.45, 2.75) is 19.4 Å². The average molecular weight is 219 g/mol. The Morgan fingerprint density at radius 3 is 2.62 bits per heavy atom. The standard InChI is InChI=1S/C12H17N3O/c1-9(13)10-3-5-11(6-4-10)15-8-2-7-14-12(15)16/h3-6,9H,2,7-8,13H2,1H3,(H,14,16)/t9-/m0/s1. The number of amides is 2. The normalized spacial score (nSPS) is 18.1. The summed E-state index contributed by atoms with van der Waals surface area (Å²) in [6, 6.07) is 7.86. The van der Waals surface area contributed by atoms with Crippen LogP contribution in [0.15, 0.2) is 24.3 Å². The van der Waals surface area contributed by atoms with Crippen molar-refractivity contribution < 1.29 is 4.79 Å². The van der Waals surface area contributed by atoms with Gasteiger partial charge in [-0.25, -0.2) is 4.79 Å². The highest BCUT2D eigenvalue weighted by molar-refractivity contribution is 5.92. The summed E-state index contributed by atoms with van der Waals surface area (Å²) in [7, 11) is 0. The second kappa shape index (κ2) is 4.53. The number of urea groups is 1. The lowest BCUT2D eigenvalue weighted by Gasteiger charge is -2.27. The van der Waals surface area contributed by atoms with Crippen LogP contribution in [0.2, 0.25) is 0 Å². The summed E-state index contributed by atoms with van der Waals surface area (Å²) in [6.45, 7) is 3.50. The first-order chi connectivity index (χ1) is 7.68. The lowest BCUT2D eigenvalue weighted by atomic mass is 10.1. The first-order valence-electron chi connectivity index (χ1n) is 5.59. The van der Waals surface area contributed by atoms with Crippen molar-refractivity contribution in [3.05, 3.63) is 29.8 Å². The van der Waals surface area contributed by atoms with Crippen LogP contribution in [-0.2, 0) is 0 Å². The van der Waals surface area contributed by atoms with Gasteiger partial charge in [0.25, 0.3) is 0 Å². The van der Waals surface area contributed by atoms with Gasteiger partial charge in [0, 0.05) is 24.8 Å². The average Bonchev–Trinajstić information content (AvgIpc) is 2.30. The van der Waals surface area contributed by atoms with Crippen LogP contribution in [0.25, 0.3) is 0 Å². The topological polar surface area (TPSA) is 58.4 Å². The van der Waals surface area contributed by atoms with E-state index in [0.29, 0.717) is 0 Å². The Morgan fingerprint density at radius 2 is 2.06 bits per heavy atom. The summed E-state index contributed by atoms with van der Waals surface area (Å²) < 4.78 is 0. The van der Waals surface area contributed by atoms with Crippen molar-refractivity contribution in [2.24, 2.45) is 5.73 Å². The van der Waals surface area contributed by atoms with Crippen LogP contribution < -0.4 is 16.0 Å². The zero-order valence-electron chi connectivity index (χ0n) is 9.44. The highest BCUT2D eigenvalue weighted by atomic mass is 16.2. The van der Waals surface area contributed by atoms with Crippen molar-refractivity contribution in [3.63, 3.8) is 0 Å². The molecule has 2 amide bonds. The highest BCUT2D eigenvalue weighted by Gasteiger charge is 2.18. The van der Waals surface area contributed by atoms with E-state index in [1.807, 2.05) is 31.2 Å². The largest absolute Gasteiger partial charge is 0.338 e. The summed E-state index contributed by atoms with van der Waals surface area (Å²) in [4.78, 5) is 13.4. The van der Waals surface area contributed by atoms with E-state index in [1.165, 1.54) is 0 Å². The van der Waals surface area contributed by atoms with Gasteiger partial charge in [-0.2, -0.15) is 0 Å². The van der Waals surface area contributed by atoms with Gasteiger partial charge in [-0.05, 0) is 31.0 Å². The van der Waals surface area contributed by atoms with Crippen LogP contribution in [0.1, 0.15) is 24.9 Å². The molecule has 0 saturated carbocycles. The van der Waals surface area contributed by atoms with Crippen LogP contribution in [-0.4, -0.2) is 19.1 Å². The zero-order valence-corrected chi connectivity index (χ0v) is 9.44. The second-order valence-electron chi connectivity index (χ2n) is 4.12. The van der Waals surface area contributed by atoms with Crippen LogP contribution in [0, 0.1) is 0 Å². The molecular weight excluding hydrogens is 202 g/mol. The number of benzene rings is 1. The Bertz CT molecular complexity index is 372. The summed E-state index contributed by atoms with van der Waals surface area (Å²) in [5, 5.41) is 2.83. The predicted octanol–water partition coefficient (Wildman–Crippen LogP) is 1.63. The van der Waals surface area contributed by atoms with Gasteiger partial charge in [0.15, 0.2) is 0 Å². The van der Waals surface area contributed by atoms with E-state index in [0.717, 1.165) is 30.8 Å². The number of anilines is 1. The monoisotopic (exact) mass is 219 g/mol. The maximum atomic E-state index is 11.6. The van der Waals surface area contributed by atoms with Crippen LogP contribution in [0.3, 0.4) is 0 Å². The molecule has 1 aromatic carbocycles. The fraction of sp³-hybridized carbons (Fsp3) is 0.417. The van der Waals surface area contributed by atoms with Gasteiger partial charge < -0.3 is 11.1 Å². The van der Waals surface area contributed by atoms with Gasteiger partial charge in [-0.1, -0.05) is 12.1 Å². The Balaban J connectivity index is 2.17. The van der Waals surface area contributed by atoms with Crippen molar-refractivity contribution >= 4 is 11.7 Å². The first-order valence-corrected chi connectivity index (χ1v) is 5.59. The number of nitrogens with one attached hydrogen (secondary N) is 1. The fourth-order valence-electron chi connectivity index (χ4n) is 1.83. The van der Waals surface area contributed by atoms with E-state index in [4.69, 9.17) is 5.73 Å². The SMILES string of the molecule is C[C@H](N)c1ccc(N2CCCNC2=O)cc1. The minimum atomic E-state index is -0.0141. The second-order valence-corrected chi connectivity index (χ2v) is 4.12. The number of rotatable bonds is 2. The molecule has 16 heavy (non-hydrogen) atoms. The Labute approximate surface area is 95.4 Å². The Hall–Kier alpha value is -1.55. The van der Waals surface area contributed by atoms with Crippen molar-refractivity contribution in [2.75, 3.05) is 18.0 Å². The molecule has 0 radical (unpaired) electrons. The number of carbonyl (C=O) groups excluding carboxylic acids is 1. The summed E-state index contributed by atoms with van der Waals surface area (Å²) in [6.07, 6.45) is 0.987. The fourth-order valence-corrected chi connectivity index (χ4v) is 1.83. The summed E-state index contributed by atoms with van der Waals surface area (Å²) in [5.41, 5.74) is 7.79. The van der Waals surface area contributed by atoms with Gasteiger partial charge >= 0.3 is 6.03 Å². The minimum absolute atomic E-state index is 0.0141. The van der Waals surface area contributed by atoms with E-state index < -0.39 is 0 Å². The first kappa shape index (κ1) is 11.0. The smallest absolute Gasteiger partial charge is 0.321 e. The zero-order chi connectivity index (χ0) is 11.5. The number of nitrogens with zero attached hydrogens (tertiary/aromatic N) is 1. The van der Waals surface area contributed by atoms with E-state index in [-0.39, 0.29) is 12.1 Å². The molecular formula is C12H17N3O. The third kappa shape index (κ3) is 2.17. The van der Waals surface area contributed by atoms with E-state index in [9.17, 15) is 4.79 Å². The lowest BCUT2D eigenvalue weighted by molar-refractivity contribution is 0.243. The molecule has 1 aliphatic heterocycles.